The van der Waals surface area contributed by atoms with E-state index >= 15 is 0 Å². The largest absolute Gasteiger partial charge is 0.493 e. The molecule has 2 heteroatoms. The zero-order chi connectivity index (χ0) is 11.6. The summed E-state index contributed by atoms with van der Waals surface area (Å²) in [5.74, 6) is 1.61. The van der Waals surface area contributed by atoms with Gasteiger partial charge in [-0.2, -0.15) is 0 Å². The van der Waals surface area contributed by atoms with Gasteiger partial charge in [-0.15, -0.1) is 11.6 Å². The van der Waals surface area contributed by atoms with Crippen molar-refractivity contribution < 1.29 is 4.74 Å². The molecule has 0 fully saturated rings. The Morgan fingerprint density at radius 2 is 2.19 bits per heavy atom. The zero-order valence-corrected chi connectivity index (χ0v) is 10.6. The summed E-state index contributed by atoms with van der Waals surface area (Å²) in [7, 11) is 0. The van der Waals surface area contributed by atoms with Crippen molar-refractivity contribution in [1.29, 1.82) is 0 Å². The Labute approximate surface area is 102 Å². The number of rotatable bonds is 4. The molecule has 2 rings (SSSR count). The Morgan fingerprint density at radius 3 is 2.94 bits per heavy atom. The average Bonchev–Trinajstić information content (AvgIpc) is 2.75. The summed E-state index contributed by atoms with van der Waals surface area (Å²) in [6, 6.07) is 6.20. The first-order valence-corrected chi connectivity index (χ1v) is 6.13. The van der Waals surface area contributed by atoms with Crippen LogP contribution in [-0.2, 0) is 6.42 Å². The lowest BCUT2D eigenvalue weighted by Gasteiger charge is -2.22. The summed E-state index contributed by atoms with van der Waals surface area (Å²) in [5.41, 5.74) is 2.60. The molecule has 0 N–H and O–H groups in total. The molecule has 1 aliphatic rings. The number of hydrogen-bond donors (Lipinski definition) is 0. The van der Waals surface area contributed by atoms with Crippen LogP contribution in [0, 0.1) is 5.41 Å². The van der Waals surface area contributed by atoms with Crippen LogP contribution < -0.4 is 4.74 Å². The van der Waals surface area contributed by atoms with E-state index in [0.717, 1.165) is 12.2 Å². The maximum atomic E-state index is 5.88. The maximum Gasteiger partial charge on any atom is 0.123 e. The van der Waals surface area contributed by atoms with Gasteiger partial charge in [-0.3, -0.25) is 0 Å². The summed E-state index contributed by atoms with van der Waals surface area (Å²) in [4.78, 5) is 0. The highest BCUT2D eigenvalue weighted by Crippen LogP contribution is 2.30. The van der Waals surface area contributed by atoms with Gasteiger partial charge in [0.25, 0.3) is 0 Å². The van der Waals surface area contributed by atoms with E-state index in [2.05, 4.69) is 32.1 Å². The van der Waals surface area contributed by atoms with Crippen molar-refractivity contribution in [2.24, 2.45) is 5.41 Å². The second-order valence-electron chi connectivity index (χ2n) is 5.02. The number of allylic oxidation sites excluding steroid dienone is 1. The summed E-state index contributed by atoms with van der Waals surface area (Å²) >= 11 is 5.88. The summed E-state index contributed by atoms with van der Waals surface area (Å²) in [6.07, 6.45) is 5.30. The average molecular weight is 237 g/mol. The Kier molecular flexibility index (Phi) is 3.25. The predicted octanol–water partition coefficient (Wildman–Crippen LogP) is 3.90. The first kappa shape index (κ1) is 11.5. The van der Waals surface area contributed by atoms with Gasteiger partial charge in [0.2, 0.25) is 0 Å². The third-order valence-electron chi connectivity index (χ3n) is 2.77. The molecule has 1 nitrogen and oxygen atoms in total. The van der Waals surface area contributed by atoms with E-state index in [1.54, 1.807) is 0 Å². The van der Waals surface area contributed by atoms with Gasteiger partial charge in [-0.1, -0.05) is 38.1 Å². The first-order chi connectivity index (χ1) is 7.62. The minimum Gasteiger partial charge on any atom is -0.493 e. The van der Waals surface area contributed by atoms with E-state index in [0.29, 0.717) is 12.5 Å². The van der Waals surface area contributed by atoms with Gasteiger partial charge in [0.15, 0.2) is 0 Å². The Morgan fingerprint density at radius 1 is 1.38 bits per heavy atom. The number of hydrogen-bond acceptors (Lipinski definition) is 1. The van der Waals surface area contributed by atoms with Gasteiger partial charge in [-0.25, -0.2) is 0 Å². The quantitative estimate of drug-likeness (QED) is 0.721. The van der Waals surface area contributed by atoms with Gasteiger partial charge in [0.1, 0.15) is 5.75 Å². The van der Waals surface area contributed by atoms with Crippen LogP contribution in [0.25, 0.3) is 6.08 Å². The predicted molar refractivity (Wildman–Crippen MR) is 69.2 cm³/mol. The molecule has 1 aliphatic carbocycles. The van der Waals surface area contributed by atoms with Crippen molar-refractivity contribution in [2.45, 2.75) is 20.3 Å². The van der Waals surface area contributed by atoms with E-state index in [1.807, 2.05) is 12.1 Å². The molecule has 1 aromatic carbocycles. The SMILES string of the molecule is CC(C)(CCl)COc1cccc2c1CC=C2. The van der Waals surface area contributed by atoms with Crippen molar-refractivity contribution in [3.63, 3.8) is 0 Å². The van der Waals surface area contributed by atoms with Gasteiger partial charge in [0, 0.05) is 16.9 Å². The van der Waals surface area contributed by atoms with Crippen LogP contribution in [-0.4, -0.2) is 12.5 Å². The number of ether oxygens (including phenoxy) is 1. The van der Waals surface area contributed by atoms with Crippen LogP contribution in [0.15, 0.2) is 24.3 Å². The molecular weight excluding hydrogens is 220 g/mol. The lowest BCUT2D eigenvalue weighted by Crippen LogP contribution is -2.23. The van der Waals surface area contributed by atoms with Gasteiger partial charge in [0.05, 0.1) is 6.61 Å². The van der Waals surface area contributed by atoms with Crippen LogP contribution in [0.1, 0.15) is 25.0 Å². The fourth-order valence-electron chi connectivity index (χ4n) is 1.71. The van der Waals surface area contributed by atoms with E-state index in [4.69, 9.17) is 16.3 Å². The Balaban J connectivity index is 2.09. The molecule has 0 unspecified atom stereocenters. The van der Waals surface area contributed by atoms with Gasteiger partial charge >= 0.3 is 0 Å². The number of fused-ring (bicyclic) bond motifs is 1. The monoisotopic (exact) mass is 236 g/mol. The van der Waals surface area contributed by atoms with E-state index in [-0.39, 0.29) is 5.41 Å². The van der Waals surface area contributed by atoms with E-state index in [1.165, 1.54) is 11.1 Å². The molecule has 86 valence electrons. The van der Waals surface area contributed by atoms with Gasteiger partial charge in [-0.05, 0) is 18.1 Å². The smallest absolute Gasteiger partial charge is 0.123 e. The lowest BCUT2D eigenvalue weighted by atomic mass is 9.98. The number of alkyl halides is 1. The second-order valence-corrected chi connectivity index (χ2v) is 5.28. The van der Waals surface area contributed by atoms with Crippen molar-refractivity contribution >= 4 is 17.7 Å². The van der Waals surface area contributed by atoms with Gasteiger partial charge < -0.3 is 4.74 Å². The minimum atomic E-state index is 0.0241. The van der Waals surface area contributed by atoms with Crippen LogP contribution >= 0.6 is 11.6 Å². The van der Waals surface area contributed by atoms with E-state index < -0.39 is 0 Å². The molecule has 0 spiro atoms. The zero-order valence-electron chi connectivity index (χ0n) is 9.79. The fraction of sp³-hybridized carbons (Fsp3) is 0.429. The molecular formula is C14H17ClO. The van der Waals surface area contributed by atoms with Crippen LogP contribution in [0.4, 0.5) is 0 Å². The highest BCUT2D eigenvalue weighted by molar-refractivity contribution is 6.18. The Hall–Kier alpha value is -0.950. The van der Waals surface area contributed by atoms with Crippen molar-refractivity contribution in [3.05, 3.63) is 35.4 Å². The van der Waals surface area contributed by atoms with Crippen LogP contribution in [0.5, 0.6) is 5.75 Å². The van der Waals surface area contributed by atoms with Crippen LogP contribution in [0.3, 0.4) is 0 Å². The highest BCUT2D eigenvalue weighted by Gasteiger charge is 2.19. The molecule has 0 atom stereocenters. The normalized spacial score (nSPS) is 13.9. The third-order valence-corrected chi connectivity index (χ3v) is 3.49. The topological polar surface area (TPSA) is 9.23 Å². The molecule has 0 amide bonds. The minimum absolute atomic E-state index is 0.0241. The third kappa shape index (κ3) is 2.41. The molecule has 16 heavy (non-hydrogen) atoms. The summed E-state index contributed by atoms with van der Waals surface area (Å²) in [6.45, 7) is 4.88. The highest BCUT2D eigenvalue weighted by atomic mass is 35.5. The molecule has 0 bridgehead atoms. The second kappa shape index (κ2) is 4.50. The molecule has 0 aliphatic heterocycles. The Bertz CT molecular complexity index is 407. The molecule has 0 saturated carbocycles. The summed E-state index contributed by atoms with van der Waals surface area (Å²) < 4.78 is 5.88. The maximum absolute atomic E-state index is 5.88. The lowest BCUT2D eigenvalue weighted by molar-refractivity contribution is 0.199. The van der Waals surface area contributed by atoms with Crippen molar-refractivity contribution in [1.82, 2.24) is 0 Å². The molecule has 0 saturated heterocycles. The van der Waals surface area contributed by atoms with Crippen molar-refractivity contribution in [2.75, 3.05) is 12.5 Å². The summed E-state index contributed by atoms with van der Waals surface area (Å²) in [5, 5.41) is 0. The first-order valence-electron chi connectivity index (χ1n) is 5.59. The van der Waals surface area contributed by atoms with E-state index in [9.17, 15) is 0 Å². The molecule has 1 aromatic rings. The standard InChI is InChI=1S/C14H17ClO/c1-14(2,9-15)10-16-13-8-4-6-11-5-3-7-12(11)13/h3-6,8H,7,9-10H2,1-2H3. The molecule has 0 radical (unpaired) electrons. The van der Waals surface area contributed by atoms with Crippen molar-refractivity contribution in [3.8, 4) is 5.75 Å². The number of benzene rings is 1. The molecule has 0 aromatic heterocycles. The fourth-order valence-corrected chi connectivity index (χ4v) is 1.79. The molecule has 0 heterocycles. The number of halogens is 1. The van der Waals surface area contributed by atoms with Crippen LogP contribution in [0.2, 0.25) is 0 Å².